The van der Waals surface area contributed by atoms with Gasteiger partial charge in [0, 0.05) is 18.8 Å². The highest BCUT2D eigenvalue weighted by Gasteiger charge is 2.28. The van der Waals surface area contributed by atoms with Gasteiger partial charge < -0.3 is 10.1 Å². The molecule has 0 atom stereocenters. The predicted molar refractivity (Wildman–Crippen MR) is 114 cm³/mol. The van der Waals surface area contributed by atoms with E-state index in [9.17, 15) is 9.36 Å². The number of phosphoric ester groups is 1. The lowest BCUT2D eigenvalue weighted by Gasteiger charge is -2.19. The van der Waals surface area contributed by atoms with E-state index >= 15 is 0 Å². The molecule has 162 valence electrons. The number of nitrogens with zero attached hydrogens (tertiary/aromatic N) is 1. The Bertz CT molecular complexity index is 969. The summed E-state index contributed by atoms with van der Waals surface area (Å²) in [4.78, 5) is 15.6. The van der Waals surface area contributed by atoms with Gasteiger partial charge >= 0.3 is 13.9 Å². The fraction of sp³-hybridized carbons (Fsp3) is 0.182. The van der Waals surface area contributed by atoms with Gasteiger partial charge in [-0.1, -0.05) is 60.7 Å². The van der Waals surface area contributed by atoms with Gasteiger partial charge in [0.25, 0.3) is 0 Å². The zero-order valence-electron chi connectivity index (χ0n) is 17.0. The summed E-state index contributed by atoms with van der Waals surface area (Å²) >= 11 is 0. The van der Waals surface area contributed by atoms with Crippen LogP contribution in [0.1, 0.15) is 16.7 Å². The Morgan fingerprint density at radius 1 is 0.839 bits per heavy atom. The van der Waals surface area contributed by atoms with Crippen LogP contribution in [0.5, 0.6) is 5.88 Å². The minimum absolute atomic E-state index is 0.0412. The molecule has 0 aliphatic carbocycles. The zero-order chi connectivity index (χ0) is 21.9. The standard InChI is InChI=1S/C22H23N2O6P/c1-23-22(25)30-21-20(13-8-14-24-21)17-29-31(26,27-15-18-9-4-2-5-10-18)28-16-19-11-6-3-7-12-19/h2-14H,15-17H2,1H3,(H,23,25). The normalized spacial score (nSPS) is 11.1. The molecule has 0 aliphatic rings. The first-order chi connectivity index (χ1) is 15.1. The lowest BCUT2D eigenvalue weighted by atomic mass is 10.2. The summed E-state index contributed by atoms with van der Waals surface area (Å²) in [5, 5.41) is 2.34. The zero-order valence-corrected chi connectivity index (χ0v) is 17.9. The number of nitrogens with one attached hydrogen (secondary N) is 1. The maximum Gasteiger partial charge on any atom is 0.475 e. The molecule has 8 nitrogen and oxygen atoms in total. The summed E-state index contributed by atoms with van der Waals surface area (Å²) in [5.74, 6) is 0.0412. The number of rotatable bonds is 10. The van der Waals surface area contributed by atoms with Gasteiger partial charge in [-0.3, -0.25) is 13.6 Å². The molecule has 1 aromatic heterocycles. The maximum atomic E-state index is 13.3. The second-order valence-electron chi connectivity index (χ2n) is 6.35. The van der Waals surface area contributed by atoms with Crippen molar-refractivity contribution in [2.24, 2.45) is 0 Å². The van der Waals surface area contributed by atoms with Crippen LogP contribution in [0.4, 0.5) is 4.79 Å². The number of amides is 1. The smallest absolute Gasteiger partial charge is 0.391 e. The maximum absolute atomic E-state index is 13.3. The summed E-state index contributed by atoms with van der Waals surface area (Å²) in [6.45, 7) is -0.107. The molecule has 0 radical (unpaired) electrons. The number of carbonyl (C=O) groups is 1. The first-order valence-corrected chi connectivity index (χ1v) is 11.0. The Labute approximate surface area is 180 Å². The van der Waals surface area contributed by atoms with Gasteiger partial charge in [0.05, 0.1) is 19.8 Å². The van der Waals surface area contributed by atoms with Crippen LogP contribution in [0.3, 0.4) is 0 Å². The number of carbonyl (C=O) groups excluding carboxylic acids is 1. The first-order valence-electron chi connectivity index (χ1n) is 9.53. The van der Waals surface area contributed by atoms with E-state index in [2.05, 4.69) is 10.3 Å². The molecule has 0 bridgehead atoms. The highest BCUT2D eigenvalue weighted by Crippen LogP contribution is 2.51. The fourth-order valence-electron chi connectivity index (χ4n) is 2.48. The highest BCUT2D eigenvalue weighted by atomic mass is 31.2. The van der Waals surface area contributed by atoms with Crippen LogP contribution < -0.4 is 10.1 Å². The quantitative estimate of drug-likeness (QED) is 0.448. The third-order valence-electron chi connectivity index (χ3n) is 4.09. The molecule has 31 heavy (non-hydrogen) atoms. The van der Waals surface area contributed by atoms with Crippen molar-refractivity contribution in [3.8, 4) is 5.88 Å². The second kappa shape index (κ2) is 11.4. The Morgan fingerprint density at radius 3 is 1.94 bits per heavy atom. The Kier molecular flexibility index (Phi) is 8.32. The molecule has 1 amide bonds. The lowest BCUT2D eigenvalue weighted by Crippen LogP contribution is -2.23. The highest BCUT2D eigenvalue weighted by molar-refractivity contribution is 7.48. The number of pyridine rings is 1. The van der Waals surface area contributed by atoms with Gasteiger partial charge in [-0.2, -0.15) is 0 Å². The number of hydrogen-bond acceptors (Lipinski definition) is 7. The monoisotopic (exact) mass is 442 g/mol. The number of benzene rings is 2. The van der Waals surface area contributed by atoms with Gasteiger partial charge in [-0.15, -0.1) is 0 Å². The molecule has 1 N–H and O–H groups in total. The minimum atomic E-state index is -3.96. The lowest BCUT2D eigenvalue weighted by molar-refractivity contribution is 0.0972. The van der Waals surface area contributed by atoms with Crippen molar-refractivity contribution in [1.82, 2.24) is 10.3 Å². The van der Waals surface area contributed by atoms with Crippen molar-refractivity contribution in [2.75, 3.05) is 7.05 Å². The largest absolute Gasteiger partial charge is 0.475 e. The molecule has 0 fully saturated rings. The van der Waals surface area contributed by atoms with Gasteiger partial charge in [-0.25, -0.2) is 14.3 Å². The topological polar surface area (TPSA) is 96.0 Å². The number of aromatic nitrogens is 1. The van der Waals surface area contributed by atoms with E-state index in [4.69, 9.17) is 18.3 Å². The molecule has 3 aromatic rings. The minimum Gasteiger partial charge on any atom is -0.391 e. The molecule has 2 aromatic carbocycles. The summed E-state index contributed by atoms with van der Waals surface area (Å²) in [5.41, 5.74) is 2.05. The van der Waals surface area contributed by atoms with Gasteiger partial charge in [-0.05, 0) is 23.3 Å². The third kappa shape index (κ3) is 7.31. The van der Waals surface area contributed by atoms with Crippen LogP contribution in [0, 0.1) is 0 Å². The van der Waals surface area contributed by atoms with Crippen LogP contribution in [0.25, 0.3) is 0 Å². The predicted octanol–water partition coefficient (Wildman–Crippen LogP) is 4.86. The van der Waals surface area contributed by atoms with Crippen LogP contribution >= 0.6 is 7.82 Å². The summed E-state index contributed by atoms with van der Waals surface area (Å²) in [6.07, 6.45) is 0.794. The van der Waals surface area contributed by atoms with Crippen molar-refractivity contribution >= 4 is 13.9 Å². The van der Waals surface area contributed by atoms with Gasteiger partial charge in [0.2, 0.25) is 5.88 Å². The Morgan fingerprint density at radius 2 is 1.39 bits per heavy atom. The summed E-state index contributed by atoms with van der Waals surface area (Å²) in [6, 6.07) is 21.8. The van der Waals surface area contributed by atoms with E-state index < -0.39 is 13.9 Å². The van der Waals surface area contributed by atoms with Crippen molar-refractivity contribution in [2.45, 2.75) is 19.8 Å². The second-order valence-corrected chi connectivity index (χ2v) is 8.01. The fourth-order valence-corrected chi connectivity index (χ4v) is 3.62. The summed E-state index contributed by atoms with van der Waals surface area (Å²) < 4.78 is 35.1. The van der Waals surface area contributed by atoms with E-state index in [0.717, 1.165) is 11.1 Å². The average Bonchev–Trinajstić information content (AvgIpc) is 2.82. The van der Waals surface area contributed by atoms with E-state index in [1.165, 1.54) is 13.2 Å². The molecule has 0 unspecified atom stereocenters. The van der Waals surface area contributed by atoms with Crippen LogP contribution in [0.2, 0.25) is 0 Å². The number of phosphoric acid groups is 1. The third-order valence-corrected chi connectivity index (χ3v) is 5.42. The van der Waals surface area contributed by atoms with Crippen LogP contribution in [0.15, 0.2) is 79.0 Å². The van der Waals surface area contributed by atoms with E-state index in [1.807, 2.05) is 60.7 Å². The van der Waals surface area contributed by atoms with E-state index in [0.29, 0.717) is 5.56 Å². The molecular formula is C22H23N2O6P. The first kappa shape index (κ1) is 22.7. The van der Waals surface area contributed by atoms with Crippen LogP contribution in [-0.2, 0) is 38.0 Å². The molecule has 0 saturated heterocycles. The van der Waals surface area contributed by atoms with Gasteiger partial charge in [0.1, 0.15) is 0 Å². The molecule has 9 heteroatoms. The van der Waals surface area contributed by atoms with E-state index in [1.54, 1.807) is 12.1 Å². The Balaban J connectivity index is 1.71. The van der Waals surface area contributed by atoms with Crippen LogP contribution in [-0.4, -0.2) is 18.1 Å². The molecule has 0 spiro atoms. The molecule has 0 saturated carbocycles. The summed E-state index contributed by atoms with van der Waals surface area (Å²) in [7, 11) is -2.53. The average molecular weight is 442 g/mol. The number of ether oxygens (including phenoxy) is 1. The number of hydrogen-bond donors (Lipinski definition) is 1. The van der Waals surface area contributed by atoms with Crippen molar-refractivity contribution in [3.63, 3.8) is 0 Å². The molecule has 0 aliphatic heterocycles. The molecular weight excluding hydrogens is 419 g/mol. The SMILES string of the molecule is CNC(=O)Oc1ncccc1COP(=O)(OCc1ccccc1)OCc1ccccc1. The van der Waals surface area contributed by atoms with Crippen molar-refractivity contribution in [3.05, 3.63) is 95.7 Å². The van der Waals surface area contributed by atoms with Crippen molar-refractivity contribution < 1.29 is 27.7 Å². The molecule has 3 rings (SSSR count). The van der Waals surface area contributed by atoms with E-state index in [-0.39, 0.29) is 25.7 Å². The van der Waals surface area contributed by atoms with Crippen molar-refractivity contribution in [1.29, 1.82) is 0 Å². The van der Waals surface area contributed by atoms with Gasteiger partial charge in [0.15, 0.2) is 0 Å². The Hall–Kier alpha value is -3.03. The molecule has 1 heterocycles.